The first kappa shape index (κ1) is 19.3. The van der Waals surface area contributed by atoms with E-state index in [9.17, 15) is 4.79 Å². The van der Waals surface area contributed by atoms with Crippen LogP contribution in [-0.4, -0.2) is 39.4 Å². The number of hydrogen-bond acceptors (Lipinski definition) is 4. The number of carbonyl (C=O) groups excluding carboxylic acids is 1. The molecular weight excluding hydrogens is 318 g/mol. The van der Waals surface area contributed by atoms with Crippen LogP contribution in [0, 0.1) is 0 Å². The molecule has 1 rings (SSSR count). The Bertz CT molecular complexity index is 544. The van der Waals surface area contributed by atoms with E-state index in [1.54, 1.807) is 18.2 Å². The lowest BCUT2D eigenvalue weighted by Gasteiger charge is -2.10. The van der Waals surface area contributed by atoms with E-state index in [1.807, 2.05) is 13.8 Å². The molecule has 0 unspecified atom stereocenters. The van der Waals surface area contributed by atoms with Crippen LogP contribution in [0.4, 0.5) is 0 Å². The van der Waals surface area contributed by atoms with Crippen molar-refractivity contribution in [1.29, 1.82) is 0 Å². The van der Waals surface area contributed by atoms with Gasteiger partial charge in [0.2, 0.25) is 5.91 Å². The number of benzene rings is 1. The van der Waals surface area contributed by atoms with E-state index < -0.39 is 0 Å². The molecule has 0 spiro atoms. The third-order valence-corrected chi connectivity index (χ3v) is 3.24. The SMILES string of the molecule is COc1cc(/C=C/C(=O)NCCCOC(C)C)cc(Cl)c1OC. The standard InChI is InChI=1S/C17H24ClNO4/c1-12(2)23-9-5-8-19-16(20)7-6-13-10-14(18)17(22-4)15(11-13)21-3/h6-7,10-12H,5,8-9H2,1-4H3,(H,19,20)/b7-6+. The van der Waals surface area contributed by atoms with Gasteiger partial charge in [-0.05, 0) is 44.0 Å². The second kappa shape index (κ2) is 10.1. The largest absolute Gasteiger partial charge is 0.493 e. The minimum Gasteiger partial charge on any atom is -0.493 e. The highest BCUT2D eigenvalue weighted by Crippen LogP contribution is 2.36. The number of halogens is 1. The monoisotopic (exact) mass is 341 g/mol. The van der Waals surface area contributed by atoms with Gasteiger partial charge < -0.3 is 19.5 Å². The molecule has 0 radical (unpaired) electrons. The molecule has 0 saturated heterocycles. The molecule has 1 aromatic rings. The van der Waals surface area contributed by atoms with Crippen LogP contribution in [0.3, 0.4) is 0 Å². The molecule has 6 heteroatoms. The summed E-state index contributed by atoms with van der Waals surface area (Å²) in [6, 6.07) is 3.47. The second-order valence-electron chi connectivity index (χ2n) is 5.14. The summed E-state index contributed by atoms with van der Waals surface area (Å²) in [7, 11) is 3.06. The number of ether oxygens (including phenoxy) is 3. The first-order valence-electron chi connectivity index (χ1n) is 7.47. The zero-order chi connectivity index (χ0) is 17.2. The first-order chi connectivity index (χ1) is 11.0. The molecule has 1 amide bonds. The number of carbonyl (C=O) groups is 1. The Kier molecular flexibility index (Phi) is 8.51. The van der Waals surface area contributed by atoms with E-state index in [0.29, 0.717) is 29.7 Å². The highest BCUT2D eigenvalue weighted by molar-refractivity contribution is 6.32. The Balaban J connectivity index is 2.53. The average Bonchev–Trinajstić information content (AvgIpc) is 2.51. The smallest absolute Gasteiger partial charge is 0.244 e. The van der Waals surface area contributed by atoms with Crippen LogP contribution in [0.15, 0.2) is 18.2 Å². The van der Waals surface area contributed by atoms with Crippen LogP contribution in [0.2, 0.25) is 5.02 Å². The van der Waals surface area contributed by atoms with Gasteiger partial charge in [0, 0.05) is 19.2 Å². The van der Waals surface area contributed by atoms with Gasteiger partial charge in [0.05, 0.1) is 25.3 Å². The summed E-state index contributed by atoms with van der Waals surface area (Å²) >= 11 is 6.12. The lowest BCUT2D eigenvalue weighted by atomic mass is 10.2. The van der Waals surface area contributed by atoms with Crippen LogP contribution in [0.5, 0.6) is 11.5 Å². The summed E-state index contributed by atoms with van der Waals surface area (Å²) in [5.74, 6) is 0.826. The average molecular weight is 342 g/mol. The third kappa shape index (κ3) is 6.93. The van der Waals surface area contributed by atoms with Crippen LogP contribution >= 0.6 is 11.6 Å². The third-order valence-electron chi connectivity index (χ3n) is 2.95. The second-order valence-corrected chi connectivity index (χ2v) is 5.54. The van der Waals surface area contributed by atoms with Gasteiger partial charge in [-0.15, -0.1) is 0 Å². The van der Waals surface area contributed by atoms with Crippen LogP contribution < -0.4 is 14.8 Å². The van der Waals surface area contributed by atoms with Gasteiger partial charge in [0.1, 0.15) is 0 Å². The number of methoxy groups -OCH3 is 2. The fourth-order valence-electron chi connectivity index (χ4n) is 1.87. The Hall–Kier alpha value is -1.72. The van der Waals surface area contributed by atoms with E-state index in [2.05, 4.69) is 5.32 Å². The van der Waals surface area contributed by atoms with Gasteiger partial charge in [-0.2, -0.15) is 0 Å². The molecular formula is C17H24ClNO4. The van der Waals surface area contributed by atoms with Gasteiger partial charge >= 0.3 is 0 Å². The fourth-order valence-corrected chi connectivity index (χ4v) is 2.16. The number of nitrogens with one attached hydrogen (secondary N) is 1. The molecule has 0 fully saturated rings. The van der Waals surface area contributed by atoms with Gasteiger partial charge in [0.25, 0.3) is 0 Å². The summed E-state index contributed by atoms with van der Waals surface area (Å²) in [6.07, 6.45) is 4.12. The van der Waals surface area contributed by atoms with Gasteiger partial charge in [0.15, 0.2) is 11.5 Å². The van der Waals surface area contributed by atoms with E-state index in [4.69, 9.17) is 25.8 Å². The van der Waals surface area contributed by atoms with Crippen molar-refractivity contribution in [3.05, 3.63) is 28.8 Å². The Morgan fingerprint density at radius 3 is 2.65 bits per heavy atom. The van der Waals surface area contributed by atoms with Crippen molar-refractivity contribution in [2.45, 2.75) is 26.4 Å². The molecule has 0 aliphatic heterocycles. The maximum absolute atomic E-state index is 11.7. The van der Waals surface area contributed by atoms with Gasteiger partial charge in [-0.3, -0.25) is 4.79 Å². The molecule has 1 N–H and O–H groups in total. The van der Waals surface area contributed by atoms with Crippen molar-refractivity contribution in [2.75, 3.05) is 27.4 Å². The number of rotatable bonds is 9. The molecule has 5 nitrogen and oxygen atoms in total. The topological polar surface area (TPSA) is 56.8 Å². The van der Waals surface area contributed by atoms with Crippen LogP contribution in [0.1, 0.15) is 25.8 Å². The molecule has 0 aromatic heterocycles. The van der Waals surface area contributed by atoms with Crippen molar-refractivity contribution in [3.63, 3.8) is 0 Å². The summed E-state index contributed by atoms with van der Waals surface area (Å²) in [5.41, 5.74) is 0.756. The number of amides is 1. The minimum absolute atomic E-state index is 0.166. The normalized spacial score (nSPS) is 11.0. The summed E-state index contributed by atoms with van der Waals surface area (Å²) in [4.78, 5) is 11.7. The van der Waals surface area contributed by atoms with Crippen molar-refractivity contribution in [1.82, 2.24) is 5.32 Å². The van der Waals surface area contributed by atoms with E-state index in [1.165, 1.54) is 20.3 Å². The van der Waals surface area contributed by atoms with Crippen LogP contribution in [-0.2, 0) is 9.53 Å². The highest BCUT2D eigenvalue weighted by atomic mass is 35.5. The van der Waals surface area contributed by atoms with E-state index in [0.717, 1.165) is 12.0 Å². The Morgan fingerprint density at radius 1 is 1.30 bits per heavy atom. The quantitative estimate of drug-likeness (QED) is 0.553. The highest BCUT2D eigenvalue weighted by Gasteiger charge is 2.09. The molecule has 0 saturated carbocycles. The first-order valence-corrected chi connectivity index (χ1v) is 7.84. The zero-order valence-electron chi connectivity index (χ0n) is 14.0. The van der Waals surface area contributed by atoms with Gasteiger partial charge in [-0.1, -0.05) is 11.6 Å². The molecule has 0 aliphatic rings. The summed E-state index contributed by atoms with van der Waals surface area (Å²) in [5, 5.41) is 3.23. The van der Waals surface area contributed by atoms with Crippen molar-refractivity contribution in [2.24, 2.45) is 0 Å². The zero-order valence-corrected chi connectivity index (χ0v) is 14.8. The molecule has 23 heavy (non-hydrogen) atoms. The predicted octanol–water partition coefficient (Wildman–Crippen LogP) is 3.30. The molecule has 1 aromatic carbocycles. The summed E-state index contributed by atoms with van der Waals surface area (Å²) in [6.45, 7) is 5.17. The Morgan fingerprint density at radius 2 is 2.04 bits per heavy atom. The fraction of sp³-hybridized carbons (Fsp3) is 0.471. The maximum atomic E-state index is 11.7. The van der Waals surface area contributed by atoms with E-state index in [-0.39, 0.29) is 12.0 Å². The maximum Gasteiger partial charge on any atom is 0.244 e. The minimum atomic E-state index is -0.166. The number of hydrogen-bond donors (Lipinski definition) is 1. The van der Waals surface area contributed by atoms with Crippen molar-refractivity contribution >= 4 is 23.6 Å². The summed E-state index contributed by atoms with van der Waals surface area (Å²) < 4.78 is 15.8. The molecule has 0 bridgehead atoms. The Labute approximate surface area is 142 Å². The molecule has 0 heterocycles. The molecule has 0 aliphatic carbocycles. The molecule has 128 valence electrons. The lowest BCUT2D eigenvalue weighted by molar-refractivity contribution is -0.116. The van der Waals surface area contributed by atoms with Crippen molar-refractivity contribution in [3.8, 4) is 11.5 Å². The van der Waals surface area contributed by atoms with Gasteiger partial charge in [-0.25, -0.2) is 0 Å². The lowest BCUT2D eigenvalue weighted by Crippen LogP contribution is -2.23. The molecule has 0 atom stereocenters. The predicted molar refractivity (Wildman–Crippen MR) is 92.3 cm³/mol. The van der Waals surface area contributed by atoms with Crippen LogP contribution in [0.25, 0.3) is 6.08 Å². The van der Waals surface area contributed by atoms with Crippen molar-refractivity contribution < 1.29 is 19.0 Å². The van der Waals surface area contributed by atoms with E-state index >= 15 is 0 Å².